The zero-order chi connectivity index (χ0) is 17.6. The summed E-state index contributed by atoms with van der Waals surface area (Å²) in [6.07, 6.45) is 3.89. The fourth-order valence-corrected chi connectivity index (χ4v) is 4.26. The molecule has 0 spiro atoms. The van der Waals surface area contributed by atoms with Gasteiger partial charge in [0.25, 0.3) is 0 Å². The van der Waals surface area contributed by atoms with Crippen molar-refractivity contribution in [1.29, 1.82) is 0 Å². The molecule has 0 saturated heterocycles. The second-order valence-electron chi connectivity index (χ2n) is 6.90. The first-order valence-corrected chi connectivity index (χ1v) is 9.02. The first-order chi connectivity index (χ1) is 12.8. The molecular weight excluding hydrogens is 318 g/mol. The topological polar surface area (TPSA) is 33.1 Å². The highest BCUT2D eigenvalue weighted by Crippen LogP contribution is 2.42. The maximum Gasteiger partial charge on any atom is 0.157 e. The van der Waals surface area contributed by atoms with Crippen molar-refractivity contribution < 1.29 is 5.11 Å². The van der Waals surface area contributed by atoms with E-state index < -0.39 is 5.60 Å². The Balaban J connectivity index is 1.87. The Hall–Kier alpha value is -2.97. The number of aliphatic hydroxyl groups is 1. The van der Waals surface area contributed by atoms with Crippen molar-refractivity contribution >= 4 is 10.8 Å². The molecule has 0 aliphatic heterocycles. The van der Waals surface area contributed by atoms with E-state index in [1.807, 2.05) is 48.5 Å². The Morgan fingerprint density at radius 2 is 1.50 bits per heavy atom. The minimum atomic E-state index is -1.29. The molecule has 1 unspecified atom stereocenters. The quantitative estimate of drug-likeness (QED) is 0.592. The van der Waals surface area contributed by atoms with Gasteiger partial charge in [-0.15, -0.1) is 0 Å². The molecule has 0 fully saturated rings. The van der Waals surface area contributed by atoms with Crippen LogP contribution in [-0.4, -0.2) is 10.1 Å². The van der Waals surface area contributed by atoms with Gasteiger partial charge in [0.2, 0.25) is 0 Å². The summed E-state index contributed by atoms with van der Waals surface area (Å²) in [6, 6.07) is 26.2. The number of hydrogen-bond acceptors (Lipinski definition) is 2. The van der Waals surface area contributed by atoms with Crippen LogP contribution in [0.2, 0.25) is 0 Å². The lowest BCUT2D eigenvalue weighted by atomic mass is 9.80. The van der Waals surface area contributed by atoms with E-state index in [1.165, 1.54) is 16.5 Å². The summed E-state index contributed by atoms with van der Waals surface area (Å²) in [7, 11) is 0. The Morgan fingerprint density at radius 3 is 2.27 bits per heavy atom. The van der Waals surface area contributed by atoms with Gasteiger partial charge >= 0.3 is 0 Å². The first kappa shape index (κ1) is 15.3. The van der Waals surface area contributed by atoms with Gasteiger partial charge in [-0.05, 0) is 52.4 Å². The Kier molecular flexibility index (Phi) is 3.41. The Labute approximate surface area is 152 Å². The molecule has 1 atom stereocenters. The maximum absolute atomic E-state index is 12.1. The van der Waals surface area contributed by atoms with Crippen LogP contribution in [-0.2, 0) is 18.4 Å². The highest BCUT2D eigenvalue weighted by atomic mass is 16.3. The third-order valence-electron chi connectivity index (χ3n) is 5.49. The van der Waals surface area contributed by atoms with E-state index in [4.69, 9.17) is 0 Å². The predicted molar refractivity (Wildman–Crippen MR) is 104 cm³/mol. The number of aromatic nitrogens is 1. The zero-order valence-corrected chi connectivity index (χ0v) is 14.4. The van der Waals surface area contributed by atoms with Crippen molar-refractivity contribution in [3.63, 3.8) is 0 Å². The van der Waals surface area contributed by atoms with E-state index in [0.29, 0.717) is 5.69 Å². The van der Waals surface area contributed by atoms with Gasteiger partial charge in [-0.1, -0.05) is 66.7 Å². The van der Waals surface area contributed by atoms with Crippen LogP contribution in [0.25, 0.3) is 10.8 Å². The molecular formula is C24H19NO. The van der Waals surface area contributed by atoms with Gasteiger partial charge in [-0.2, -0.15) is 0 Å². The normalized spacial score (nSPS) is 15.1. The smallest absolute Gasteiger partial charge is 0.157 e. The van der Waals surface area contributed by atoms with Crippen LogP contribution >= 0.6 is 0 Å². The lowest BCUT2D eigenvalue weighted by Gasteiger charge is -2.30. The molecule has 0 radical (unpaired) electrons. The van der Waals surface area contributed by atoms with Gasteiger partial charge in [0.15, 0.2) is 5.60 Å². The second-order valence-corrected chi connectivity index (χ2v) is 6.90. The summed E-state index contributed by atoms with van der Waals surface area (Å²) in [4.78, 5) is 4.52. The van der Waals surface area contributed by atoms with E-state index in [9.17, 15) is 5.11 Å². The fraction of sp³-hybridized carbons (Fsp3) is 0.125. The molecule has 1 aromatic heterocycles. The van der Waals surface area contributed by atoms with Crippen LogP contribution in [0.1, 0.15) is 27.9 Å². The molecule has 1 aliphatic carbocycles. The molecule has 4 aromatic rings. The summed E-state index contributed by atoms with van der Waals surface area (Å²) >= 11 is 0. The molecule has 0 amide bonds. The lowest BCUT2D eigenvalue weighted by molar-refractivity contribution is 0.122. The SMILES string of the molecule is OC(c1ccccc1)(c1ccccn1)c1ccc2c3c(cccc13)CC2. The molecule has 126 valence electrons. The second kappa shape index (κ2) is 5.79. The van der Waals surface area contributed by atoms with E-state index in [2.05, 4.69) is 35.3 Å². The molecule has 0 saturated carbocycles. The standard InChI is InChI=1S/C24H19NO/c26-24(19-8-2-1-3-9-19,22-11-4-5-16-25-22)21-15-14-18-13-12-17-7-6-10-20(21)23(17)18/h1-11,14-16,26H,12-13H2. The molecule has 3 aromatic carbocycles. The summed E-state index contributed by atoms with van der Waals surface area (Å²) in [6.45, 7) is 0. The number of pyridine rings is 1. The lowest BCUT2D eigenvalue weighted by Crippen LogP contribution is -2.30. The van der Waals surface area contributed by atoms with Crippen LogP contribution < -0.4 is 0 Å². The zero-order valence-electron chi connectivity index (χ0n) is 14.4. The maximum atomic E-state index is 12.1. The average Bonchev–Trinajstić information content (AvgIpc) is 3.14. The first-order valence-electron chi connectivity index (χ1n) is 9.02. The largest absolute Gasteiger partial charge is 0.374 e. The summed E-state index contributed by atoms with van der Waals surface area (Å²) in [5.74, 6) is 0. The minimum Gasteiger partial charge on any atom is -0.374 e. The van der Waals surface area contributed by atoms with Crippen LogP contribution in [0, 0.1) is 0 Å². The van der Waals surface area contributed by atoms with Crippen LogP contribution in [0.3, 0.4) is 0 Å². The number of benzene rings is 3. The van der Waals surface area contributed by atoms with Crippen molar-refractivity contribution in [2.75, 3.05) is 0 Å². The van der Waals surface area contributed by atoms with Gasteiger partial charge in [-0.3, -0.25) is 4.98 Å². The summed E-state index contributed by atoms with van der Waals surface area (Å²) in [5.41, 5.74) is 3.82. The van der Waals surface area contributed by atoms with Gasteiger partial charge in [0.1, 0.15) is 0 Å². The predicted octanol–water partition coefficient (Wildman–Crippen LogP) is 4.62. The molecule has 0 bridgehead atoms. The molecule has 1 heterocycles. The van der Waals surface area contributed by atoms with Crippen LogP contribution in [0.15, 0.2) is 85.1 Å². The van der Waals surface area contributed by atoms with E-state index in [0.717, 1.165) is 29.4 Å². The van der Waals surface area contributed by atoms with Crippen LogP contribution in [0.5, 0.6) is 0 Å². The van der Waals surface area contributed by atoms with Crippen molar-refractivity contribution in [3.8, 4) is 0 Å². The van der Waals surface area contributed by atoms with Crippen molar-refractivity contribution in [2.24, 2.45) is 0 Å². The number of rotatable bonds is 3. The molecule has 1 aliphatic rings. The van der Waals surface area contributed by atoms with Gasteiger partial charge in [0, 0.05) is 11.8 Å². The fourth-order valence-electron chi connectivity index (χ4n) is 4.26. The number of aryl methyl sites for hydroxylation is 2. The van der Waals surface area contributed by atoms with Crippen molar-refractivity contribution in [2.45, 2.75) is 18.4 Å². The monoisotopic (exact) mass is 337 g/mol. The Morgan fingerprint density at radius 1 is 0.731 bits per heavy atom. The average molecular weight is 337 g/mol. The molecule has 5 rings (SSSR count). The van der Waals surface area contributed by atoms with E-state index in [1.54, 1.807) is 6.20 Å². The summed E-state index contributed by atoms with van der Waals surface area (Å²) < 4.78 is 0. The van der Waals surface area contributed by atoms with Gasteiger partial charge < -0.3 is 5.11 Å². The molecule has 2 nitrogen and oxygen atoms in total. The van der Waals surface area contributed by atoms with Crippen molar-refractivity contribution in [1.82, 2.24) is 4.98 Å². The minimum absolute atomic E-state index is 0.643. The highest BCUT2D eigenvalue weighted by molar-refractivity contribution is 5.94. The van der Waals surface area contributed by atoms with Gasteiger partial charge in [-0.25, -0.2) is 0 Å². The molecule has 1 N–H and O–H groups in total. The highest BCUT2D eigenvalue weighted by Gasteiger charge is 2.37. The summed E-state index contributed by atoms with van der Waals surface area (Å²) in [5, 5.41) is 14.5. The van der Waals surface area contributed by atoms with Crippen LogP contribution in [0.4, 0.5) is 0 Å². The third-order valence-corrected chi connectivity index (χ3v) is 5.49. The number of nitrogens with zero attached hydrogens (tertiary/aromatic N) is 1. The number of hydrogen-bond donors (Lipinski definition) is 1. The molecule has 26 heavy (non-hydrogen) atoms. The molecule has 2 heteroatoms. The third kappa shape index (κ3) is 2.12. The van der Waals surface area contributed by atoms with Crippen molar-refractivity contribution in [3.05, 3.63) is 113 Å². The Bertz CT molecular complexity index is 1040. The van der Waals surface area contributed by atoms with Gasteiger partial charge in [0.05, 0.1) is 5.69 Å². The van der Waals surface area contributed by atoms with E-state index >= 15 is 0 Å². The van der Waals surface area contributed by atoms with E-state index in [-0.39, 0.29) is 0 Å².